The van der Waals surface area contributed by atoms with E-state index in [0.29, 0.717) is 0 Å². The largest absolute Gasteiger partial charge is 0.242 e. The van der Waals surface area contributed by atoms with E-state index in [1.54, 1.807) is 11.3 Å². The van der Waals surface area contributed by atoms with E-state index in [-0.39, 0.29) is 5.41 Å². The van der Waals surface area contributed by atoms with Crippen LogP contribution in [-0.4, -0.2) is 4.98 Å². The number of hydrogen-bond donors (Lipinski definition) is 0. The van der Waals surface area contributed by atoms with Gasteiger partial charge < -0.3 is 0 Å². The monoisotopic (exact) mass is 217 g/mol. The maximum absolute atomic E-state index is 4.54. The van der Waals surface area contributed by atoms with Crippen molar-refractivity contribution < 1.29 is 0 Å². The molecule has 2 heteroatoms. The molecule has 78 valence electrons. The molecule has 1 nitrogen and oxygen atoms in total. The lowest BCUT2D eigenvalue weighted by Gasteiger charge is -2.20. The Morgan fingerprint density at radius 2 is 2.07 bits per heavy atom. The van der Waals surface area contributed by atoms with Crippen molar-refractivity contribution in [3.63, 3.8) is 0 Å². The number of hydrogen-bond acceptors (Lipinski definition) is 2. The third-order valence-electron chi connectivity index (χ3n) is 3.44. The summed E-state index contributed by atoms with van der Waals surface area (Å²) in [6.45, 7) is 4.40. The van der Waals surface area contributed by atoms with Crippen LogP contribution >= 0.6 is 11.3 Å². The minimum atomic E-state index is 0.272. The molecular formula is C13H15NS. The Kier molecular flexibility index (Phi) is 1.90. The molecule has 0 saturated heterocycles. The Bertz CT molecular complexity index is 418. The van der Waals surface area contributed by atoms with Crippen LogP contribution in [0.2, 0.25) is 0 Å². The van der Waals surface area contributed by atoms with Crippen LogP contribution < -0.4 is 0 Å². The van der Waals surface area contributed by atoms with Crippen molar-refractivity contribution in [2.75, 3.05) is 0 Å². The van der Waals surface area contributed by atoms with Crippen molar-refractivity contribution >= 4 is 23.5 Å². The number of aromatic nitrogens is 1. The lowest BCUT2D eigenvalue weighted by atomic mass is 9.84. The highest BCUT2D eigenvalue weighted by Crippen LogP contribution is 2.49. The molecule has 2 aliphatic rings. The summed E-state index contributed by atoms with van der Waals surface area (Å²) < 4.78 is 0. The quantitative estimate of drug-likeness (QED) is 0.695. The van der Waals surface area contributed by atoms with E-state index < -0.39 is 0 Å². The van der Waals surface area contributed by atoms with Crippen LogP contribution in [0.4, 0.5) is 0 Å². The van der Waals surface area contributed by atoms with Gasteiger partial charge in [-0.1, -0.05) is 19.1 Å². The summed E-state index contributed by atoms with van der Waals surface area (Å²) in [6, 6.07) is 0. The smallest absolute Gasteiger partial charge is 0.0907 e. The van der Waals surface area contributed by atoms with E-state index in [0.717, 1.165) is 16.6 Å². The van der Waals surface area contributed by atoms with Gasteiger partial charge >= 0.3 is 0 Å². The Morgan fingerprint density at radius 3 is 2.80 bits per heavy atom. The summed E-state index contributed by atoms with van der Waals surface area (Å²) in [7, 11) is 0. The molecule has 1 aromatic rings. The molecule has 1 saturated carbocycles. The minimum absolute atomic E-state index is 0.272. The molecule has 1 aromatic heterocycles. The van der Waals surface area contributed by atoms with E-state index in [1.165, 1.54) is 17.7 Å². The zero-order valence-corrected chi connectivity index (χ0v) is 9.97. The minimum Gasteiger partial charge on any atom is -0.242 e. The van der Waals surface area contributed by atoms with E-state index in [9.17, 15) is 0 Å². The van der Waals surface area contributed by atoms with Gasteiger partial charge in [-0.15, -0.1) is 11.3 Å². The lowest BCUT2D eigenvalue weighted by molar-refractivity contribution is 0.478. The first-order chi connectivity index (χ1) is 7.17. The average Bonchev–Trinajstić information content (AvgIpc) is 2.98. The second-order valence-corrected chi connectivity index (χ2v) is 6.02. The summed E-state index contributed by atoms with van der Waals surface area (Å²) in [5.41, 5.74) is 1.42. The van der Waals surface area contributed by atoms with Crippen molar-refractivity contribution in [3.05, 3.63) is 27.7 Å². The van der Waals surface area contributed by atoms with E-state index in [1.807, 2.05) is 0 Å². The summed E-state index contributed by atoms with van der Waals surface area (Å²) in [6.07, 6.45) is 11.9. The molecule has 0 N–H and O–H groups in total. The Hall–Kier alpha value is -0.890. The van der Waals surface area contributed by atoms with Crippen molar-refractivity contribution in [2.45, 2.75) is 26.7 Å². The Morgan fingerprint density at radius 1 is 1.33 bits per heavy atom. The van der Waals surface area contributed by atoms with E-state index >= 15 is 0 Å². The summed E-state index contributed by atoms with van der Waals surface area (Å²) in [4.78, 5) is 5.85. The fourth-order valence-electron chi connectivity index (χ4n) is 2.24. The SMILES string of the molecule is Cc1nc2c(s1)C=CC(C)(C1CC1)C=C2. The summed E-state index contributed by atoms with van der Waals surface area (Å²) in [5, 5.41) is 1.16. The first kappa shape index (κ1) is 9.34. The molecule has 3 rings (SSSR count). The zero-order chi connectivity index (χ0) is 10.5. The highest BCUT2D eigenvalue weighted by molar-refractivity contribution is 7.12. The maximum atomic E-state index is 4.54. The average molecular weight is 217 g/mol. The first-order valence-corrected chi connectivity index (χ1v) is 6.35. The standard InChI is InChI=1S/C13H15NS/c1-9-14-11-5-7-13(2,10-3-4-10)8-6-12(11)15-9/h5-8,10H,3-4H2,1-2H3. The van der Waals surface area contributed by atoms with E-state index in [4.69, 9.17) is 0 Å². The third-order valence-corrected chi connectivity index (χ3v) is 4.39. The van der Waals surface area contributed by atoms with Crippen molar-refractivity contribution in [2.24, 2.45) is 11.3 Å². The zero-order valence-electron chi connectivity index (χ0n) is 9.16. The Labute approximate surface area is 94.5 Å². The predicted octanol–water partition coefficient (Wildman–Crippen LogP) is 3.91. The van der Waals surface area contributed by atoms with Crippen molar-refractivity contribution in [3.8, 4) is 0 Å². The summed E-state index contributed by atoms with van der Waals surface area (Å²) in [5.74, 6) is 0.861. The third kappa shape index (κ3) is 1.57. The fourth-order valence-corrected chi connectivity index (χ4v) is 3.06. The van der Waals surface area contributed by atoms with Gasteiger partial charge in [-0.25, -0.2) is 4.98 Å². The van der Waals surface area contributed by atoms with Crippen molar-refractivity contribution in [1.29, 1.82) is 0 Å². The lowest BCUT2D eigenvalue weighted by Crippen LogP contribution is -2.11. The first-order valence-electron chi connectivity index (χ1n) is 5.53. The predicted molar refractivity (Wildman–Crippen MR) is 65.8 cm³/mol. The molecule has 1 fully saturated rings. The van der Waals surface area contributed by atoms with Gasteiger partial charge in [-0.2, -0.15) is 0 Å². The van der Waals surface area contributed by atoms with Gasteiger partial charge in [-0.3, -0.25) is 0 Å². The van der Waals surface area contributed by atoms with Crippen LogP contribution in [0.5, 0.6) is 0 Å². The van der Waals surface area contributed by atoms with Gasteiger partial charge in [0, 0.05) is 5.41 Å². The molecule has 0 spiro atoms. The van der Waals surface area contributed by atoms with Crippen LogP contribution in [0.15, 0.2) is 12.2 Å². The summed E-state index contributed by atoms with van der Waals surface area (Å²) >= 11 is 1.79. The van der Waals surface area contributed by atoms with Crippen LogP contribution in [0.3, 0.4) is 0 Å². The highest BCUT2D eigenvalue weighted by Gasteiger charge is 2.38. The van der Waals surface area contributed by atoms with Gasteiger partial charge in [0.25, 0.3) is 0 Å². The molecule has 1 heterocycles. The van der Waals surface area contributed by atoms with Gasteiger partial charge in [0.1, 0.15) is 0 Å². The second kappa shape index (κ2) is 3.05. The molecular weight excluding hydrogens is 202 g/mol. The molecule has 1 atom stereocenters. The number of aryl methyl sites for hydroxylation is 1. The van der Waals surface area contributed by atoms with Crippen molar-refractivity contribution in [1.82, 2.24) is 4.98 Å². The molecule has 15 heavy (non-hydrogen) atoms. The van der Waals surface area contributed by atoms with Gasteiger partial charge in [-0.05, 0) is 37.8 Å². The molecule has 0 aliphatic heterocycles. The highest BCUT2D eigenvalue weighted by atomic mass is 32.1. The topological polar surface area (TPSA) is 12.9 Å². The number of thiazole rings is 1. The number of fused-ring (bicyclic) bond motifs is 1. The van der Waals surface area contributed by atoms with Crippen LogP contribution in [-0.2, 0) is 0 Å². The fraction of sp³-hybridized carbons (Fsp3) is 0.462. The maximum Gasteiger partial charge on any atom is 0.0907 e. The van der Waals surface area contributed by atoms with Crippen LogP contribution in [0.1, 0.15) is 35.3 Å². The molecule has 0 bridgehead atoms. The van der Waals surface area contributed by atoms with E-state index in [2.05, 4.69) is 43.1 Å². The van der Waals surface area contributed by atoms with Gasteiger partial charge in [0.15, 0.2) is 0 Å². The van der Waals surface area contributed by atoms with Crippen LogP contribution in [0, 0.1) is 18.3 Å². The van der Waals surface area contributed by atoms with Gasteiger partial charge in [0.2, 0.25) is 0 Å². The number of rotatable bonds is 1. The normalized spacial score (nSPS) is 28.9. The number of allylic oxidation sites excluding steroid dienone is 2. The Balaban J connectivity index is 2.02. The van der Waals surface area contributed by atoms with Gasteiger partial charge in [0.05, 0.1) is 15.6 Å². The molecule has 0 aromatic carbocycles. The van der Waals surface area contributed by atoms with Crippen LogP contribution in [0.25, 0.3) is 12.2 Å². The number of nitrogens with zero attached hydrogens (tertiary/aromatic N) is 1. The molecule has 1 unspecified atom stereocenters. The molecule has 0 radical (unpaired) electrons. The molecule has 0 amide bonds. The molecule has 2 aliphatic carbocycles. The second-order valence-electron chi connectivity index (χ2n) is 4.79.